The SMILES string of the molecule is COC(=O)C(C)(C)[C@@H](N)c1c(C)c(C)c(C)c(C)c1C. The molecule has 0 aromatic heterocycles. The second-order valence-corrected chi connectivity index (χ2v) is 6.23. The smallest absolute Gasteiger partial charge is 0.313 e. The molecule has 0 spiro atoms. The lowest BCUT2D eigenvalue weighted by molar-refractivity contribution is -0.152. The first-order valence-corrected chi connectivity index (χ1v) is 6.98. The minimum atomic E-state index is -0.752. The summed E-state index contributed by atoms with van der Waals surface area (Å²) in [6, 6.07) is -0.382. The predicted molar refractivity (Wildman–Crippen MR) is 82.9 cm³/mol. The van der Waals surface area contributed by atoms with Crippen molar-refractivity contribution in [1.29, 1.82) is 0 Å². The van der Waals surface area contributed by atoms with E-state index in [0.29, 0.717) is 0 Å². The van der Waals surface area contributed by atoms with Crippen LogP contribution in [0.15, 0.2) is 0 Å². The second kappa shape index (κ2) is 5.57. The van der Waals surface area contributed by atoms with Crippen molar-refractivity contribution < 1.29 is 9.53 Å². The lowest BCUT2D eigenvalue weighted by Crippen LogP contribution is -2.38. The van der Waals surface area contributed by atoms with Gasteiger partial charge in [-0.3, -0.25) is 4.79 Å². The van der Waals surface area contributed by atoms with E-state index in [1.165, 1.54) is 34.9 Å². The van der Waals surface area contributed by atoms with Crippen molar-refractivity contribution in [1.82, 2.24) is 0 Å². The standard InChI is InChI=1S/C17H27NO2/c1-9-10(2)12(4)14(13(5)11(9)3)15(18)17(6,7)16(19)20-8/h15H,18H2,1-8H3/t15-/m0/s1. The normalized spacial score (nSPS) is 13.2. The molecule has 20 heavy (non-hydrogen) atoms. The number of rotatable bonds is 3. The Balaban J connectivity index is 3.52. The second-order valence-electron chi connectivity index (χ2n) is 6.23. The monoisotopic (exact) mass is 277 g/mol. The number of hydrogen-bond acceptors (Lipinski definition) is 3. The average Bonchev–Trinajstić information content (AvgIpc) is 2.41. The average molecular weight is 277 g/mol. The molecular weight excluding hydrogens is 250 g/mol. The van der Waals surface area contributed by atoms with E-state index < -0.39 is 5.41 Å². The van der Waals surface area contributed by atoms with Gasteiger partial charge in [0.1, 0.15) is 0 Å². The zero-order valence-corrected chi connectivity index (χ0v) is 14.0. The molecule has 0 aliphatic rings. The van der Waals surface area contributed by atoms with Gasteiger partial charge in [-0.15, -0.1) is 0 Å². The van der Waals surface area contributed by atoms with Crippen LogP contribution in [0.1, 0.15) is 53.3 Å². The van der Waals surface area contributed by atoms with Gasteiger partial charge in [-0.2, -0.15) is 0 Å². The number of hydrogen-bond donors (Lipinski definition) is 1. The van der Waals surface area contributed by atoms with Crippen LogP contribution >= 0.6 is 0 Å². The Bertz CT molecular complexity index is 515. The van der Waals surface area contributed by atoms with Crippen molar-refractivity contribution in [2.45, 2.75) is 54.5 Å². The van der Waals surface area contributed by atoms with Gasteiger partial charge in [0.25, 0.3) is 0 Å². The highest BCUT2D eigenvalue weighted by atomic mass is 16.5. The van der Waals surface area contributed by atoms with E-state index in [-0.39, 0.29) is 12.0 Å². The van der Waals surface area contributed by atoms with Gasteiger partial charge in [-0.25, -0.2) is 0 Å². The van der Waals surface area contributed by atoms with E-state index in [4.69, 9.17) is 10.5 Å². The Labute approximate surface area is 122 Å². The van der Waals surface area contributed by atoms with Crippen LogP contribution in [0.25, 0.3) is 0 Å². The molecule has 0 heterocycles. The molecule has 0 radical (unpaired) electrons. The minimum absolute atomic E-state index is 0.278. The maximum Gasteiger partial charge on any atom is 0.313 e. The van der Waals surface area contributed by atoms with Crippen molar-refractivity contribution in [3.63, 3.8) is 0 Å². The van der Waals surface area contributed by atoms with Crippen molar-refractivity contribution in [2.24, 2.45) is 11.1 Å². The summed E-state index contributed by atoms with van der Waals surface area (Å²) < 4.78 is 4.90. The number of ether oxygens (including phenoxy) is 1. The molecule has 1 rings (SSSR count). The molecule has 2 N–H and O–H groups in total. The third kappa shape index (κ3) is 2.47. The van der Waals surface area contributed by atoms with Gasteiger partial charge in [-0.1, -0.05) is 0 Å². The van der Waals surface area contributed by atoms with Crippen LogP contribution in [-0.2, 0) is 9.53 Å². The molecule has 112 valence electrons. The van der Waals surface area contributed by atoms with Gasteiger partial charge >= 0.3 is 5.97 Å². The lowest BCUT2D eigenvalue weighted by Gasteiger charge is -2.32. The highest BCUT2D eigenvalue weighted by Gasteiger charge is 2.38. The van der Waals surface area contributed by atoms with Crippen LogP contribution < -0.4 is 5.73 Å². The zero-order valence-electron chi connectivity index (χ0n) is 14.0. The molecule has 1 atom stereocenters. The summed E-state index contributed by atoms with van der Waals surface area (Å²) >= 11 is 0. The summed E-state index contributed by atoms with van der Waals surface area (Å²) in [6.07, 6.45) is 0. The highest BCUT2D eigenvalue weighted by molar-refractivity contribution is 5.77. The molecule has 0 aliphatic carbocycles. The first-order valence-electron chi connectivity index (χ1n) is 6.98. The molecule has 0 amide bonds. The number of esters is 1. The maximum absolute atomic E-state index is 12.0. The molecule has 1 aromatic carbocycles. The third-order valence-electron chi connectivity index (χ3n) is 4.86. The van der Waals surface area contributed by atoms with Crippen molar-refractivity contribution in [2.75, 3.05) is 7.11 Å². The Morgan fingerprint density at radius 3 is 1.65 bits per heavy atom. The Morgan fingerprint density at radius 2 is 1.30 bits per heavy atom. The fourth-order valence-corrected chi connectivity index (χ4v) is 2.75. The Hall–Kier alpha value is -1.35. The molecule has 0 saturated heterocycles. The molecule has 0 fully saturated rings. The quantitative estimate of drug-likeness (QED) is 0.861. The summed E-state index contributed by atoms with van der Waals surface area (Å²) in [6.45, 7) is 14.2. The highest BCUT2D eigenvalue weighted by Crippen LogP contribution is 2.38. The number of carbonyl (C=O) groups excluding carboxylic acids is 1. The van der Waals surface area contributed by atoms with Gasteiger partial charge in [0, 0.05) is 6.04 Å². The van der Waals surface area contributed by atoms with Gasteiger partial charge in [0.05, 0.1) is 12.5 Å². The van der Waals surface area contributed by atoms with Crippen LogP contribution in [0.2, 0.25) is 0 Å². The summed E-state index contributed by atoms with van der Waals surface area (Å²) in [4.78, 5) is 12.0. The van der Waals surface area contributed by atoms with Crippen LogP contribution in [0, 0.1) is 40.0 Å². The van der Waals surface area contributed by atoms with Gasteiger partial charge in [0.15, 0.2) is 0 Å². The van der Waals surface area contributed by atoms with E-state index in [9.17, 15) is 4.79 Å². The molecular formula is C17H27NO2. The van der Waals surface area contributed by atoms with Crippen molar-refractivity contribution >= 4 is 5.97 Å². The molecule has 3 nitrogen and oxygen atoms in total. The van der Waals surface area contributed by atoms with Crippen LogP contribution in [-0.4, -0.2) is 13.1 Å². The predicted octanol–water partition coefficient (Wildman–Crippen LogP) is 3.43. The number of benzene rings is 1. The lowest BCUT2D eigenvalue weighted by atomic mass is 9.76. The van der Waals surface area contributed by atoms with E-state index in [1.54, 1.807) is 0 Å². The van der Waals surface area contributed by atoms with E-state index in [1.807, 2.05) is 13.8 Å². The van der Waals surface area contributed by atoms with Crippen molar-refractivity contribution in [3.8, 4) is 0 Å². The third-order valence-corrected chi connectivity index (χ3v) is 4.86. The van der Waals surface area contributed by atoms with Crippen LogP contribution in [0.4, 0.5) is 0 Å². The Morgan fingerprint density at radius 1 is 0.950 bits per heavy atom. The molecule has 3 heteroatoms. The largest absolute Gasteiger partial charge is 0.469 e. The van der Waals surface area contributed by atoms with Gasteiger partial charge < -0.3 is 10.5 Å². The summed E-state index contributed by atoms with van der Waals surface area (Å²) in [5, 5.41) is 0. The van der Waals surface area contributed by atoms with E-state index in [0.717, 1.165) is 5.56 Å². The maximum atomic E-state index is 12.0. The van der Waals surface area contributed by atoms with Gasteiger partial charge in [0.2, 0.25) is 0 Å². The summed E-state index contributed by atoms with van der Waals surface area (Å²) in [7, 11) is 1.40. The molecule has 0 saturated carbocycles. The number of nitrogens with two attached hydrogens (primary N) is 1. The molecule has 1 aromatic rings. The molecule has 0 aliphatic heterocycles. The topological polar surface area (TPSA) is 52.3 Å². The summed E-state index contributed by atoms with van der Waals surface area (Å²) in [5.41, 5.74) is 12.9. The molecule has 0 unspecified atom stereocenters. The van der Waals surface area contributed by atoms with Crippen LogP contribution in [0.5, 0.6) is 0 Å². The summed E-state index contributed by atoms with van der Waals surface area (Å²) in [5.74, 6) is -0.278. The van der Waals surface area contributed by atoms with Crippen LogP contribution in [0.3, 0.4) is 0 Å². The first-order chi connectivity index (χ1) is 9.07. The zero-order chi connectivity index (χ0) is 15.8. The van der Waals surface area contributed by atoms with E-state index in [2.05, 4.69) is 34.6 Å². The number of methoxy groups -OCH3 is 1. The van der Waals surface area contributed by atoms with Crippen molar-refractivity contribution in [3.05, 3.63) is 33.4 Å². The minimum Gasteiger partial charge on any atom is -0.469 e. The first kappa shape index (κ1) is 16.7. The van der Waals surface area contributed by atoms with Gasteiger partial charge in [-0.05, 0) is 81.8 Å². The van der Waals surface area contributed by atoms with E-state index >= 15 is 0 Å². The number of carbonyl (C=O) groups is 1. The fraction of sp³-hybridized carbons (Fsp3) is 0.588. The molecule has 0 bridgehead atoms. The fourth-order valence-electron chi connectivity index (χ4n) is 2.75. The Kier molecular flexibility index (Phi) is 4.65.